The molecule has 1 aromatic rings. The molecule has 0 saturated carbocycles. The average Bonchev–Trinajstić information content (AvgIpc) is 2.57. The van der Waals surface area contributed by atoms with Gasteiger partial charge in [-0.05, 0) is 55.2 Å². The zero-order chi connectivity index (χ0) is 15.4. The monoisotopic (exact) mass is 316 g/mol. The molecule has 1 N–H and O–H groups in total. The predicted octanol–water partition coefficient (Wildman–Crippen LogP) is 4.11. The maximum atomic E-state index is 11.9. The van der Waals surface area contributed by atoms with Gasteiger partial charge in [-0.15, -0.1) is 0 Å². The summed E-state index contributed by atoms with van der Waals surface area (Å²) >= 11 is 1.35. The molecule has 0 aromatic heterocycles. The Balaban J connectivity index is 1.61. The number of carbonyl (C=O) groups excluding carboxylic acids is 1. The summed E-state index contributed by atoms with van der Waals surface area (Å²) in [6.45, 7) is 3.64. The van der Waals surface area contributed by atoms with Gasteiger partial charge in [-0.25, -0.2) is 4.79 Å². The summed E-state index contributed by atoms with van der Waals surface area (Å²) < 4.78 is 5.69. The molecule has 116 valence electrons. The van der Waals surface area contributed by atoms with E-state index in [-0.39, 0.29) is 6.03 Å². The molecular formula is C17H20N2O2S. The fraction of sp³-hybridized carbons (Fsp3) is 0.353. The van der Waals surface area contributed by atoms with Crippen LogP contribution in [0.15, 0.2) is 53.1 Å². The van der Waals surface area contributed by atoms with Crippen molar-refractivity contribution in [3.05, 3.63) is 48.3 Å². The lowest BCUT2D eigenvalue weighted by molar-refractivity contribution is 0.238. The molecule has 1 aromatic carbocycles. The van der Waals surface area contributed by atoms with E-state index in [4.69, 9.17) is 4.18 Å². The maximum Gasteiger partial charge on any atom is 0.321 e. The van der Waals surface area contributed by atoms with Gasteiger partial charge in [0.05, 0.1) is 12.0 Å². The van der Waals surface area contributed by atoms with Crippen molar-refractivity contribution in [1.82, 2.24) is 5.32 Å². The number of urea groups is 1. The minimum atomic E-state index is -0.0211. The van der Waals surface area contributed by atoms with Crippen molar-refractivity contribution in [2.24, 2.45) is 5.92 Å². The van der Waals surface area contributed by atoms with E-state index in [0.717, 1.165) is 42.3 Å². The Morgan fingerprint density at radius 3 is 2.82 bits per heavy atom. The maximum absolute atomic E-state index is 11.9. The van der Waals surface area contributed by atoms with Gasteiger partial charge in [0.2, 0.25) is 0 Å². The minimum Gasteiger partial charge on any atom is -0.421 e. The number of anilines is 1. The van der Waals surface area contributed by atoms with Crippen LogP contribution < -0.4 is 10.2 Å². The quantitative estimate of drug-likeness (QED) is 0.850. The molecule has 4 nitrogen and oxygen atoms in total. The Kier molecular flexibility index (Phi) is 4.73. The van der Waals surface area contributed by atoms with Crippen LogP contribution in [0.5, 0.6) is 0 Å². The van der Waals surface area contributed by atoms with E-state index in [9.17, 15) is 4.79 Å². The van der Waals surface area contributed by atoms with Gasteiger partial charge in [-0.3, -0.25) is 4.90 Å². The molecule has 22 heavy (non-hydrogen) atoms. The Labute approximate surface area is 135 Å². The highest BCUT2D eigenvalue weighted by Crippen LogP contribution is 2.27. The summed E-state index contributed by atoms with van der Waals surface area (Å²) in [6.07, 6.45) is 8.34. The summed E-state index contributed by atoms with van der Waals surface area (Å²) in [5.74, 6) is 1.37. The molecule has 0 bridgehead atoms. The molecule has 1 fully saturated rings. The summed E-state index contributed by atoms with van der Waals surface area (Å²) in [4.78, 5) is 14.7. The lowest BCUT2D eigenvalue weighted by atomic mass is 10.1. The van der Waals surface area contributed by atoms with Crippen LogP contribution in [0.2, 0.25) is 0 Å². The number of allylic oxidation sites excluding steroid dienone is 3. The summed E-state index contributed by atoms with van der Waals surface area (Å²) in [5, 5.41) is 2.91. The smallest absolute Gasteiger partial charge is 0.321 e. The average molecular weight is 316 g/mol. The molecule has 1 heterocycles. The van der Waals surface area contributed by atoms with E-state index < -0.39 is 0 Å². The standard InChI is InChI=1S/C17H20N2O2S/c1-13-11-18-17(20)19(12-13)14-7-9-16(10-8-14)22-21-15-5-3-2-4-6-15/h3,5-10,13H,2,4,11-12H2,1H3,(H,18,20). The number of hydrogen-bond donors (Lipinski definition) is 1. The molecule has 0 spiro atoms. The number of nitrogens with one attached hydrogen (secondary N) is 1. The highest BCUT2D eigenvalue weighted by atomic mass is 32.2. The van der Waals surface area contributed by atoms with Gasteiger partial charge in [0.1, 0.15) is 5.76 Å². The van der Waals surface area contributed by atoms with Crippen LogP contribution in [0.1, 0.15) is 19.8 Å². The number of benzene rings is 1. The summed E-state index contributed by atoms with van der Waals surface area (Å²) in [7, 11) is 0. The van der Waals surface area contributed by atoms with Crippen LogP contribution in [0.25, 0.3) is 0 Å². The third-order valence-corrected chi connectivity index (χ3v) is 4.43. The van der Waals surface area contributed by atoms with Crippen LogP contribution in [-0.2, 0) is 4.18 Å². The van der Waals surface area contributed by atoms with Crippen molar-refractivity contribution in [1.29, 1.82) is 0 Å². The lowest BCUT2D eigenvalue weighted by Crippen LogP contribution is -2.50. The topological polar surface area (TPSA) is 41.6 Å². The van der Waals surface area contributed by atoms with Gasteiger partial charge in [-0.1, -0.05) is 13.0 Å². The van der Waals surface area contributed by atoms with Crippen LogP contribution in [-0.4, -0.2) is 19.1 Å². The number of rotatable bonds is 4. The molecule has 5 heteroatoms. The first-order chi connectivity index (χ1) is 10.7. The Bertz CT molecular complexity index is 595. The first-order valence-corrected chi connectivity index (χ1v) is 8.33. The molecule has 2 amide bonds. The van der Waals surface area contributed by atoms with Crippen LogP contribution in [0, 0.1) is 5.92 Å². The van der Waals surface area contributed by atoms with Crippen LogP contribution in [0.3, 0.4) is 0 Å². The van der Waals surface area contributed by atoms with E-state index >= 15 is 0 Å². The minimum absolute atomic E-state index is 0.0211. The fourth-order valence-electron chi connectivity index (χ4n) is 2.47. The Hall–Kier alpha value is -1.88. The molecule has 1 aliphatic heterocycles. The van der Waals surface area contributed by atoms with Crippen molar-refractivity contribution in [2.45, 2.75) is 24.7 Å². The second-order valence-electron chi connectivity index (χ2n) is 5.65. The first-order valence-electron chi connectivity index (χ1n) is 7.59. The van der Waals surface area contributed by atoms with E-state index in [1.807, 2.05) is 30.3 Å². The van der Waals surface area contributed by atoms with Crippen molar-refractivity contribution in [2.75, 3.05) is 18.0 Å². The molecule has 3 rings (SSSR count). The Morgan fingerprint density at radius 1 is 1.27 bits per heavy atom. The highest BCUT2D eigenvalue weighted by molar-refractivity contribution is 7.94. The molecular weight excluding hydrogens is 296 g/mol. The van der Waals surface area contributed by atoms with E-state index in [1.165, 1.54) is 12.0 Å². The van der Waals surface area contributed by atoms with Gasteiger partial charge in [0.25, 0.3) is 0 Å². The fourth-order valence-corrected chi connectivity index (χ4v) is 3.03. The molecule has 1 unspecified atom stereocenters. The molecule has 1 saturated heterocycles. The summed E-state index contributed by atoms with van der Waals surface area (Å²) in [5.41, 5.74) is 0.921. The highest BCUT2D eigenvalue weighted by Gasteiger charge is 2.23. The van der Waals surface area contributed by atoms with Crippen molar-refractivity contribution < 1.29 is 8.98 Å². The van der Waals surface area contributed by atoms with Gasteiger partial charge < -0.3 is 9.50 Å². The third kappa shape index (κ3) is 3.65. The number of amides is 2. The largest absolute Gasteiger partial charge is 0.421 e. The zero-order valence-corrected chi connectivity index (χ0v) is 13.4. The van der Waals surface area contributed by atoms with E-state index in [2.05, 4.69) is 24.4 Å². The van der Waals surface area contributed by atoms with Crippen molar-refractivity contribution in [3.8, 4) is 0 Å². The number of hydrogen-bond acceptors (Lipinski definition) is 3. The molecule has 2 aliphatic rings. The number of carbonyl (C=O) groups is 1. The normalized spacial score (nSPS) is 21.3. The van der Waals surface area contributed by atoms with Crippen LogP contribution in [0.4, 0.5) is 10.5 Å². The SMILES string of the molecule is CC1CNC(=O)N(c2ccc(SOC3=CCCC=C3)cc2)C1. The molecule has 0 radical (unpaired) electrons. The second-order valence-corrected chi connectivity index (χ2v) is 6.45. The third-order valence-electron chi connectivity index (χ3n) is 3.68. The summed E-state index contributed by atoms with van der Waals surface area (Å²) in [6, 6.07) is 7.88. The predicted molar refractivity (Wildman–Crippen MR) is 89.7 cm³/mol. The van der Waals surface area contributed by atoms with E-state index in [0.29, 0.717) is 5.92 Å². The first kappa shape index (κ1) is 15.0. The zero-order valence-electron chi connectivity index (χ0n) is 12.6. The van der Waals surface area contributed by atoms with Gasteiger partial charge in [-0.2, -0.15) is 0 Å². The second kappa shape index (κ2) is 6.92. The molecule has 1 atom stereocenters. The van der Waals surface area contributed by atoms with Crippen LogP contribution >= 0.6 is 12.0 Å². The van der Waals surface area contributed by atoms with Crippen molar-refractivity contribution >= 4 is 23.8 Å². The molecule has 1 aliphatic carbocycles. The van der Waals surface area contributed by atoms with Crippen molar-refractivity contribution in [3.63, 3.8) is 0 Å². The van der Waals surface area contributed by atoms with E-state index in [1.54, 1.807) is 4.90 Å². The van der Waals surface area contributed by atoms with Gasteiger partial charge >= 0.3 is 6.03 Å². The Morgan fingerprint density at radius 2 is 2.09 bits per heavy atom. The number of nitrogens with zero attached hydrogens (tertiary/aromatic N) is 1. The lowest BCUT2D eigenvalue weighted by Gasteiger charge is -2.31. The van der Waals surface area contributed by atoms with Gasteiger partial charge in [0.15, 0.2) is 0 Å². The van der Waals surface area contributed by atoms with Gasteiger partial charge in [0, 0.05) is 23.7 Å².